The van der Waals surface area contributed by atoms with Gasteiger partial charge in [0.2, 0.25) is 0 Å². The van der Waals surface area contributed by atoms with Crippen LogP contribution in [-0.4, -0.2) is 41.1 Å². The number of hydrogen-bond donors (Lipinski definition) is 1. The van der Waals surface area contributed by atoms with Gasteiger partial charge in [-0.2, -0.15) is 11.8 Å². The molecule has 114 valence electrons. The molecule has 1 rings (SSSR count). The zero-order valence-corrected chi connectivity index (χ0v) is 14.4. The van der Waals surface area contributed by atoms with Crippen molar-refractivity contribution < 1.29 is 0 Å². The third-order valence-electron chi connectivity index (χ3n) is 4.60. The Labute approximate surface area is 124 Å². The summed E-state index contributed by atoms with van der Waals surface area (Å²) in [4.78, 5) is 2.73. The quantitative estimate of drug-likeness (QED) is 0.739. The Bertz CT molecular complexity index is 243. The van der Waals surface area contributed by atoms with Crippen LogP contribution >= 0.6 is 11.8 Å². The topological polar surface area (TPSA) is 29.3 Å². The molecule has 0 aromatic heterocycles. The number of rotatable bonds is 8. The molecule has 0 amide bonds. The van der Waals surface area contributed by atoms with Crippen molar-refractivity contribution in [1.29, 1.82) is 0 Å². The maximum atomic E-state index is 6.22. The molecular formula is C16H34N2S. The molecule has 3 heteroatoms. The highest BCUT2D eigenvalue weighted by atomic mass is 32.2. The molecular weight excluding hydrogens is 252 g/mol. The molecule has 1 aliphatic rings. The average Bonchev–Trinajstić information content (AvgIpc) is 2.71. The van der Waals surface area contributed by atoms with Crippen LogP contribution < -0.4 is 5.73 Å². The summed E-state index contributed by atoms with van der Waals surface area (Å²) in [6, 6.07) is 0. The van der Waals surface area contributed by atoms with Crippen molar-refractivity contribution in [2.24, 2.45) is 17.6 Å². The van der Waals surface area contributed by atoms with Crippen molar-refractivity contribution in [2.75, 3.05) is 25.4 Å². The van der Waals surface area contributed by atoms with Crippen LogP contribution in [0, 0.1) is 11.8 Å². The third-order valence-corrected chi connectivity index (χ3v) is 5.97. The normalized spacial score (nSPS) is 27.9. The summed E-state index contributed by atoms with van der Waals surface area (Å²) in [5.74, 6) is 2.83. The second-order valence-electron chi connectivity index (χ2n) is 6.92. The molecule has 0 aromatic carbocycles. The average molecular weight is 287 g/mol. The number of hydrogen-bond acceptors (Lipinski definition) is 3. The van der Waals surface area contributed by atoms with E-state index >= 15 is 0 Å². The predicted octanol–water partition coefficient (Wildman–Crippen LogP) is 3.60. The molecule has 2 unspecified atom stereocenters. The summed E-state index contributed by atoms with van der Waals surface area (Å²) in [5.41, 5.74) is 6.48. The zero-order chi connectivity index (χ0) is 14.5. The molecule has 0 aliphatic carbocycles. The van der Waals surface area contributed by atoms with E-state index in [1.54, 1.807) is 0 Å². The Kier molecular flexibility index (Phi) is 7.20. The molecule has 0 radical (unpaired) electrons. The molecule has 2 N–H and O–H groups in total. The van der Waals surface area contributed by atoms with E-state index in [0.717, 1.165) is 18.4 Å². The Morgan fingerprint density at radius 3 is 2.00 bits per heavy atom. The maximum Gasteiger partial charge on any atom is 0.0455 e. The van der Waals surface area contributed by atoms with E-state index in [-0.39, 0.29) is 5.54 Å². The van der Waals surface area contributed by atoms with Crippen LogP contribution in [0.1, 0.15) is 53.9 Å². The lowest BCUT2D eigenvalue weighted by Gasteiger charge is -2.44. The second kappa shape index (κ2) is 7.90. The zero-order valence-electron chi connectivity index (χ0n) is 13.6. The monoisotopic (exact) mass is 286 g/mol. The van der Waals surface area contributed by atoms with Crippen molar-refractivity contribution in [2.45, 2.75) is 64.7 Å². The van der Waals surface area contributed by atoms with Gasteiger partial charge < -0.3 is 5.73 Å². The van der Waals surface area contributed by atoms with E-state index in [4.69, 9.17) is 5.73 Å². The van der Waals surface area contributed by atoms with Gasteiger partial charge in [0.15, 0.2) is 0 Å². The highest BCUT2D eigenvalue weighted by Gasteiger charge is 2.44. The summed E-state index contributed by atoms with van der Waals surface area (Å²) in [7, 11) is 0. The van der Waals surface area contributed by atoms with E-state index in [2.05, 4.69) is 51.3 Å². The summed E-state index contributed by atoms with van der Waals surface area (Å²) in [5, 5.41) is 0.678. The summed E-state index contributed by atoms with van der Waals surface area (Å²) < 4.78 is 0. The lowest BCUT2D eigenvalue weighted by molar-refractivity contribution is 0.0858. The SMILES string of the molecule is CC(C)CCN(CCC(C)C)C1(CN)CCSC1C. The van der Waals surface area contributed by atoms with Crippen LogP contribution in [0.3, 0.4) is 0 Å². The highest BCUT2D eigenvalue weighted by molar-refractivity contribution is 8.00. The van der Waals surface area contributed by atoms with E-state index in [1.165, 1.54) is 38.1 Å². The van der Waals surface area contributed by atoms with Crippen LogP contribution in [0.25, 0.3) is 0 Å². The second-order valence-corrected chi connectivity index (χ2v) is 8.37. The molecule has 2 nitrogen and oxygen atoms in total. The first kappa shape index (κ1) is 17.3. The molecule has 19 heavy (non-hydrogen) atoms. The fourth-order valence-corrected chi connectivity index (χ4v) is 4.47. The lowest BCUT2D eigenvalue weighted by Crippen LogP contribution is -2.58. The fraction of sp³-hybridized carbons (Fsp3) is 1.00. The minimum atomic E-state index is 0.258. The van der Waals surface area contributed by atoms with Crippen LogP contribution in [0.2, 0.25) is 0 Å². The first-order chi connectivity index (χ1) is 8.92. The Hall–Kier alpha value is 0.270. The van der Waals surface area contributed by atoms with Gasteiger partial charge in [0.05, 0.1) is 0 Å². The number of nitrogens with zero attached hydrogens (tertiary/aromatic N) is 1. The van der Waals surface area contributed by atoms with Gasteiger partial charge in [-0.1, -0.05) is 34.6 Å². The molecule has 1 saturated heterocycles. The Morgan fingerprint density at radius 1 is 1.16 bits per heavy atom. The first-order valence-corrected chi connectivity index (χ1v) is 9.04. The van der Waals surface area contributed by atoms with Crippen molar-refractivity contribution in [3.63, 3.8) is 0 Å². The Morgan fingerprint density at radius 2 is 1.68 bits per heavy atom. The maximum absolute atomic E-state index is 6.22. The molecule has 2 atom stereocenters. The summed E-state index contributed by atoms with van der Waals surface area (Å²) in [6.45, 7) is 14.9. The van der Waals surface area contributed by atoms with E-state index in [9.17, 15) is 0 Å². The first-order valence-electron chi connectivity index (χ1n) is 7.99. The molecule has 1 aliphatic heterocycles. The van der Waals surface area contributed by atoms with E-state index in [1.807, 2.05) is 0 Å². The van der Waals surface area contributed by atoms with Gasteiger partial charge in [0.25, 0.3) is 0 Å². The van der Waals surface area contributed by atoms with Crippen molar-refractivity contribution in [3.8, 4) is 0 Å². The van der Waals surface area contributed by atoms with Crippen LogP contribution in [0.15, 0.2) is 0 Å². The van der Waals surface area contributed by atoms with Gasteiger partial charge in [0.1, 0.15) is 0 Å². The highest BCUT2D eigenvalue weighted by Crippen LogP contribution is 2.40. The number of nitrogens with two attached hydrogens (primary N) is 1. The van der Waals surface area contributed by atoms with Gasteiger partial charge in [-0.15, -0.1) is 0 Å². The standard InChI is InChI=1S/C16H34N2S/c1-13(2)6-9-18(10-7-14(3)4)16(12-17)8-11-19-15(16)5/h13-15H,6-12,17H2,1-5H3. The van der Waals surface area contributed by atoms with Crippen LogP contribution in [0.5, 0.6) is 0 Å². The van der Waals surface area contributed by atoms with E-state index < -0.39 is 0 Å². The van der Waals surface area contributed by atoms with Gasteiger partial charge >= 0.3 is 0 Å². The van der Waals surface area contributed by atoms with E-state index in [0.29, 0.717) is 5.25 Å². The molecule has 0 bridgehead atoms. The summed E-state index contributed by atoms with van der Waals surface area (Å²) >= 11 is 2.10. The fourth-order valence-electron chi connectivity index (χ4n) is 2.97. The van der Waals surface area contributed by atoms with Gasteiger partial charge in [-0.25, -0.2) is 0 Å². The minimum Gasteiger partial charge on any atom is -0.329 e. The lowest BCUT2D eigenvalue weighted by atomic mass is 9.89. The molecule has 0 spiro atoms. The molecule has 0 aromatic rings. The molecule has 1 heterocycles. The van der Waals surface area contributed by atoms with Gasteiger partial charge in [-0.3, -0.25) is 4.90 Å². The Balaban J connectivity index is 2.74. The minimum absolute atomic E-state index is 0.258. The van der Waals surface area contributed by atoms with Crippen molar-refractivity contribution in [3.05, 3.63) is 0 Å². The molecule has 1 fully saturated rings. The predicted molar refractivity (Wildman–Crippen MR) is 88.8 cm³/mol. The van der Waals surface area contributed by atoms with Gasteiger partial charge in [0, 0.05) is 17.3 Å². The number of thioether (sulfide) groups is 1. The largest absolute Gasteiger partial charge is 0.329 e. The van der Waals surface area contributed by atoms with Crippen molar-refractivity contribution >= 4 is 11.8 Å². The van der Waals surface area contributed by atoms with Crippen LogP contribution in [-0.2, 0) is 0 Å². The molecule has 0 saturated carbocycles. The van der Waals surface area contributed by atoms with Crippen LogP contribution in [0.4, 0.5) is 0 Å². The summed E-state index contributed by atoms with van der Waals surface area (Å²) in [6.07, 6.45) is 3.85. The van der Waals surface area contributed by atoms with Gasteiger partial charge in [-0.05, 0) is 49.9 Å². The smallest absolute Gasteiger partial charge is 0.0455 e. The van der Waals surface area contributed by atoms with Crippen molar-refractivity contribution in [1.82, 2.24) is 4.90 Å². The third kappa shape index (κ3) is 4.64.